The van der Waals surface area contributed by atoms with Gasteiger partial charge in [-0.05, 0) is 12.8 Å². The first-order valence-corrected chi connectivity index (χ1v) is 9.49. The van der Waals surface area contributed by atoms with Crippen molar-refractivity contribution in [1.29, 1.82) is 0 Å². The average Bonchev–Trinajstić information content (AvgIpc) is 2.45. The van der Waals surface area contributed by atoms with Crippen LogP contribution < -0.4 is 0 Å². The molecule has 0 spiro atoms. The summed E-state index contributed by atoms with van der Waals surface area (Å²) in [5, 5.41) is 0. The molecule has 0 aliphatic rings. The molecule has 0 aromatic rings. The van der Waals surface area contributed by atoms with E-state index in [-0.39, 0.29) is 29.6 Å². The third-order valence-corrected chi connectivity index (χ3v) is 4.07. The van der Waals surface area contributed by atoms with Crippen LogP contribution in [0.1, 0.15) is 90.9 Å². The van der Waals surface area contributed by atoms with Crippen LogP contribution >= 0.6 is 0 Å². The summed E-state index contributed by atoms with van der Waals surface area (Å²) >= 11 is -1.54. The molecule has 0 amide bonds. The Morgan fingerprint density at radius 1 is 0.619 bits per heavy atom. The normalized spacial score (nSPS) is 10.8. The van der Waals surface area contributed by atoms with Gasteiger partial charge in [0.15, 0.2) is 0 Å². The van der Waals surface area contributed by atoms with Crippen molar-refractivity contribution in [2.75, 3.05) is 13.2 Å². The molecule has 0 aliphatic heterocycles. The van der Waals surface area contributed by atoms with E-state index < -0.39 is 11.4 Å². The van der Waals surface area contributed by atoms with Crippen LogP contribution in [0.4, 0.5) is 0 Å². The van der Waals surface area contributed by atoms with Gasteiger partial charge in [-0.3, -0.25) is 8.37 Å². The minimum atomic E-state index is -1.54. The molecule has 0 bridgehead atoms. The second-order valence-electron chi connectivity index (χ2n) is 5.38. The molecule has 0 saturated heterocycles. The molecule has 0 saturated carbocycles. The fourth-order valence-electron chi connectivity index (χ4n) is 2.05. The van der Waals surface area contributed by atoms with Crippen LogP contribution in [0.15, 0.2) is 0 Å². The first kappa shape index (κ1) is 24.3. The molecule has 5 heteroatoms. The predicted molar refractivity (Wildman–Crippen MR) is 92.6 cm³/mol. The minimum absolute atomic E-state index is 0. The van der Waals surface area contributed by atoms with Crippen LogP contribution in [-0.2, 0) is 19.7 Å². The molecule has 0 heterocycles. The Morgan fingerprint density at radius 2 is 0.952 bits per heavy atom. The fourth-order valence-corrected chi connectivity index (χ4v) is 2.63. The van der Waals surface area contributed by atoms with Gasteiger partial charge in [-0.25, -0.2) is 0 Å². The Morgan fingerprint density at radius 3 is 1.33 bits per heavy atom. The zero-order chi connectivity index (χ0) is 14.9. The third-order valence-electron chi connectivity index (χ3n) is 3.35. The van der Waals surface area contributed by atoms with Crippen LogP contribution in [0.25, 0.3) is 0 Å². The van der Waals surface area contributed by atoms with Crippen molar-refractivity contribution >= 4 is 40.9 Å². The summed E-state index contributed by atoms with van der Waals surface area (Å²) in [4.78, 5) is 0. The maximum absolute atomic E-state index is 11.4. The van der Waals surface area contributed by atoms with Crippen LogP contribution in [0.3, 0.4) is 0 Å². The summed E-state index contributed by atoms with van der Waals surface area (Å²) < 4.78 is 21.7. The summed E-state index contributed by atoms with van der Waals surface area (Å²) in [7, 11) is 0. The van der Waals surface area contributed by atoms with Crippen LogP contribution in [0.2, 0.25) is 0 Å². The molecule has 0 unspecified atom stereocenters. The summed E-state index contributed by atoms with van der Waals surface area (Å²) in [6, 6.07) is 0. The van der Waals surface area contributed by atoms with Gasteiger partial charge >= 0.3 is 11.4 Å². The number of hydrogen-bond donors (Lipinski definition) is 0. The first-order valence-electron chi connectivity index (χ1n) is 8.49. The van der Waals surface area contributed by atoms with Gasteiger partial charge in [0.1, 0.15) is 0 Å². The smallest absolute Gasteiger partial charge is 0.268 e. The van der Waals surface area contributed by atoms with Crippen LogP contribution in [-0.4, -0.2) is 47.0 Å². The van der Waals surface area contributed by atoms with E-state index in [1.54, 1.807) is 0 Å². The van der Waals surface area contributed by atoms with E-state index in [1.807, 2.05) is 0 Å². The maximum atomic E-state index is 11.4. The fraction of sp³-hybridized carbons (Fsp3) is 1.00. The van der Waals surface area contributed by atoms with E-state index in [0.717, 1.165) is 25.7 Å². The Labute approximate surface area is 157 Å². The van der Waals surface area contributed by atoms with Gasteiger partial charge in [0.25, 0.3) is 0 Å². The van der Waals surface area contributed by atoms with Crippen LogP contribution in [0.5, 0.6) is 0 Å². The Balaban J connectivity index is 0. The molecule has 0 atom stereocenters. The van der Waals surface area contributed by atoms with E-state index in [4.69, 9.17) is 8.37 Å². The van der Waals surface area contributed by atoms with E-state index in [0.29, 0.717) is 13.2 Å². The van der Waals surface area contributed by atoms with Gasteiger partial charge in [0.05, 0.1) is 13.2 Å². The van der Waals surface area contributed by atoms with Crippen molar-refractivity contribution in [3.63, 3.8) is 0 Å². The zero-order valence-corrected chi connectivity index (χ0v) is 17.3. The van der Waals surface area contributed by atoms with Crippen molar-refractivity contribution < 1.29 is 12.6 Å². The second kappa shape index (κ2) is 21.1. The molecule has 0 aromatic carbocycles. The SMILES string of the molecule is CCCCCCCCOS(=O)OCCCCCCCC.[Na]. The molecule has 1 radical (unpaired) electrons. The monoisotopic (exact) mass is 329 g/mol. The minimum Gasteiger partial charge on any atom is -0.268 e. The Kier molecular flexibility index (Phi) is 24.4. The zero-order valence-electron chi connectivity index (χ0n) is 14.5. The van der Waals surface area contributed by atoms with Crippen molar-refractivity contribution in [3.8, 4) is 0 Å². The molecule has 21 heavy (non-hydrogen) atoms. The van der Waals surface area contributed by atoms with Gasteiger partial charge in [-0.15, -0.1) is 0 Å². The summed E-state index contributed by atoms with van der Waals surface area (Å²) in [6.45, 7) is 5.53. The average molecular weight is 330 g/mol. The van der Waals surface area contributed by atoms with E-state index in [1.165, 1.54) is 51.4 Å². The maximum Gasteiger partial charge on any atom is 0.304 e. The van der Waals surface area contributed by atoms with Gasteiger partial charge in [-0.2, -0.15) is 4.21 Å². The molecule has 0 rings (SSSR count). The number of unbranched alkanes of at least 4 members (excludes halogenated alkanes) is 10. The van der Waals surface area contributed by atoms with Crippen molar-refractivity contribution in [1.82, 2.24) is 0 Å². The summed E-state index contributed by atoms with van der Waals surface area (Å²) in [5.74, 6) is 0. The standard InChI is InChI=1S/C16H34O3S.Na/c1-3-5-7-9-11-13-15-18-20(17)19-16-14-12-10-8-6-4-2;/h3-16H2,1-2H3;. The van der Waals surface area contributed by atoms with Gasteiger partial charge in [0, 0.05) is 29.6 Å². The van der Waals surface area contributed by atoms with Crippen LogP contribution in [0, 0.1) is 0 Å². The quantitative estimate of drug-likeness (QED) is 0.297. The molecule has 0 aliphatic carbocycles. The van der Waals surface area contributed by atoms with E-state index in [9.17, 15) is 4.21 Å². The van der Waals surface area contributed by atoms with E-state index >= 15 is 0 Å². The number of rotatable bonds is 16. The molecule has 0 aromatic heterocycles. The second-order valence-corrected chi connectivity index (χ2v) is 6.26. The predicted octanol–water partition coefficient (Wildman–Crippen LogP) is 4.94. The Bertz CT molecular complexity index is 196. The van der Waals surface area contributed by atoms with Crippen molar-refractivity contribution in [3.05, 3.63) is 0 Å². The largest absolute Gasteiger partial charge is 0.304 e. The molecule has 0 fully saturated rings. The van der Waals surface area contributed by atoms with Crippen molar-refractivity contribution in [2.24, 2.45) is 0 Å². The topological polar surface area (TPSA) is 35.5 Å². The third kappa shape index (κ3) is 21.1. The molecular weight excluding hydrogens is 295 g/mol. The van der Waals surface area contributed by atoms with E-state index in [2.05, 4.69) is 13.8 Å². The van der Waals surface area contributed by atoms with Gasteiger partial charge in [-0.1, -0.05) is 78.1 Å². The number of hydrogen-bond acceptors (Lipinski definition) is 3. The Hall–Kier alpha value is 1.07. The summed E-state index contributed by atoms with van der Waals surface area (Å²) in [6.07, 6.45) is 14.6. The van der Waals surface area contributed by atoms with Crippen molar-refractivity contribution in [2.45, 2.75) is 90.9 Å². The summed E-state index contributed by atoms with van der Waals surface area (Å²) in [5.41, 5.74) is 0. The molecule has 123 valence electrons. The first-order chi connectivity index (χ1) is 9.81. The van der Waals surface area contributed by atoms with Gasteiger partial charge < -0.3 is 0 Å². The molecule has 3 nitrogen and oxygen atoms in total. The van der Waals surface area contributed by atoms with Gasteiger partial charge in [0.2, 0.25) is 0 Å². The molecule has 0 N–H and O–H groups in total. The molecular formula is C16H34NaO3S.